The molecule has 0 saturated carbocycles. The number of hydrogen-bond acceptors (Lipinski definition) is 3. The molecule has 0 spiro atoms. The van der Waals surface area contributed by atoms with Crippen LogP contribution in [0, 0.1) is 6.92 Å². The van der Waals surface area contributed by atoms with E-state index >= 15 is 0 Å². The minimum atomic E-state index is -4.36. The summed E-state index contributed by atoms with van der Waals surface area (Å²) in [7, 11) is -0.544. The highest BCUT2D eigenvalue weighted by molar-refractivity contribution is 6.61. The molecule has 1 aromatic heterocycles. The molecular weight excluding hydrogens is 344 g/mol. The number of halogens is 3. The van der Waals surface area contributed by atoms with E-state index in [2.05, 4.69) is 5.10 Å². The van der Waals surface area contributed by atoms with Gasteiger partial charge in [0, 0.05) is 17.9 Å². The SMILES string of the molecule is Cc1ccc(Cn2cc(B3OC(C)(C)C(C)(C)O3)cn2)cc1C(F)(F)F. The molecule has 0 amide bonds. The molecule has 140 valence electrons. The summed E-state index contributed by atoms with van der Waals surface area (Å²) in [6.45, 7) is 9.54. The van der Waals surface area contributed by atoms with Crippen molar-refractivity contribution < 1.29 is 22.5 Å². The second-order valence-electron chi connectivity index (χ2n) is 7.71. The summed E-state index contributed by atoms with van der Waals surface area (Å²) in [5, 5.41) is 4.24. The molecule has 1 aliphatic heterocycles. The fourth-order valence-corrected chi connectivity index (χ4v) is 2.83. The monoisotopic (exact) mass is 366 g/mol. The third-order valence-electron chi connectivity index (χ3n) is 5.13. The highest BCUT2D eigenvalue weighted by Gasteiger charge is 2.52. The predicted molar refractivity (Wildman–Crippen MR) is 93.2 cm³/mol. The Balaban J connectivity index is 1.78. The summed E-state index contributed by atoms with van der Waals surface area (Å²) < 4.78 is 52.7. The molecule has 0 N–H and O–H groups in total. The number of benzene rings is 1. The lowest BCUT2D eigenvalue weighted by molar-refractivity contribution is -0.138. The molecular formula is C18H22BF3N2O2. The van der Waals surface area contributed by atoms with Crippen molar-refractivity contribution in [3.8, 4) is 0 Å². The third kappa shape index (κ3) is 3.53. The van der Waals surface area contributed by atoms with E-state index < -0.39 is 30.1 Å². The first-order valence-electron chi connectivity index (χ1n) is 8.44. The standard InChI is InChI=1S/C18H22BF3N2O2/c1-12-6-7-13(8-15(12)18(20,21)22)10-24-11-14(9-23-24)19-25-16(2,3)17(4,5)26-19/h6-9,11H,10H2,1-5H3. The van der Waals surface area contributed by atoms with Gasteiger partial charge >= 0.3 is 13.3 Å². The predicted octanol–water partition coefficient (Wildman–Crippen LogP) is 3.56. The van der Waals surface area contributed by atoms with Crippen molar-refractivity contribution in [1.82, 2.24) is 9.78 Å². The summed E-state index contributed by atoms with van der Waals surface area (Å²) in [4.78, 5) is 0. The average molecular weight is 366 g/mol. The molecule has 3 rings (SSSR count). The molecule has 1 fully saturated rings. The van der Waals surface area contributed by atoms with Gasteiger partial charge in [0.25, 0.3) is 0 Å². The Hall–Kier alpha value is -1.80. The number of nitrogens with zero attached hydrogens (tertiary/aromatic N) is 2. The molecule has 1 aliphatic rings. The molecule has 8 heteroatoms. The molecule has 0 bridgehead atoms. The van der Waals surface area contributed by atoms with E-state index in [0.717, 1.165) is 5.46 Å². The van der Waals surface area contributed by atoms with E-state index in [1.165, 1.54) is 19.1 Å². The summed E-state index contributed by atoms with van der Waals surface area (Å²) in [5.41, 5.74) is -0.0531. The first kappa shape index (κ1) is 19.0. The number of aryl methyl sites for hydroxylation is 1. The van der Waals surface area contributed by atoms with Crippen LogP contribution >= 0.6 is 0 Å². The van der Waals surface area contributed by atoms with E-state index in [9.17, 15) is 13.2 Å². The van der Waals surface area contributed by atoms with Gasteiger partial charge in [-0.25, -0.2) is 0 Å². The Labute approximate surface area is 151 Å². The smallest absolute Gasteiger partial charge is 0.399 e. The van der Waals surface area contributed by atoms with Crippen LogP contribution in [0.5, 0.6) is 0 Å². The largest absolute Gasteiger partial charge is 0.498 e. The second-order valence-corrected chi connectivity index (χ2v) is 7.71. The highest BCUT2D eigenvalue weighted by Crippen LogP contribution is 2.36. The van der Waals surface area contributed by atoms with Gasteiger partial charge < -0.3 is 9.31 Å². The van der Waals surface area contributed by atoms with Gasteiger partial charge in [0.05, 0.1) is 23.3 Å². The van der Waals surface area contributed by atoms with Crippen molar-refractivity contribution in [2.45, 2.75) is 58.5 Å². The molecule has 26 heavy (non-hydrogen) atoms. The Kier molecular flexibility index (Phi) is 4.47. The van der Waals surface area contributed by atoms with Crippen LogP contribution in [0.1, 0.15) is 44.4 Å². The van der Waals surface area contributed by atoms with Crippen LogP contribution in [-0.2, 0) is 22.0 Å². The first-order chi connectivity index (χ1) is 11.9. The van der Waals surface area contributed by atoms with Gasteiger partial charge in [0.1, 0.15) is 0 Å². The summed E-state index contributed by atoms with van der Waals surface area (Å²) in [6, 6.07) is 4.34. The zero-order valence-electron chi connectivity index (χ0n) is 15.5. The fraction of sp³-hybridized carbons (Fsp3) is 0.500. The van der Waals surface area contributed by atoms with Gasteiger partial charge in [0.15, 0.2) is 0 Å². The molecule has 0 unspecified atom stereocenters. The van der Waals surface area contributed by atoms with Crippen LogP contribution in [0.25, 0.3) is 0 Å². The lowest BCUT2D eigenvalue weighted by Crippen LogP contribution is -2.41. The first-order valence-corrected chi connectivity index (χ1v) is 8.44. The van der Waals surface area contributed by atoms with Crippen LogP contribution in [-0.4, -0.2) is 28.1 Å². The van der Waals surface area contributed by atoms with Crippen LogP contribution in [0.2, 0.25) is 0 Å². The summed E-state index contributed by atoms with van der Waals surface area (Å²) in [6.07, 6.45) is -0.992. The fourth-order valence-electron chi connectivity index (χ4n) is 2.83. The lowest BCUT2D eigenvalue weighted by atomic mass is 9.82. The Bertz CT molecular complexity index is 799. The van der Waals surface area contributed by atoms with E-state index in [-0.39, 0.29) is 12.1 Å². The summed E-state index contributed by atoms with van der Waals surface area (Å²) >= 11 is 0. The van der Waals surface area contributed by atoms with Gasteiger partial charge in [-0.15, -0.1) is 0 Å². The van der Waals surface area contributed by atoms with Gasteiger partial charge in [-0.05, 0) is 51.8 Å². The number of alkyl halides is 3. The molecule has 4 nitrogen and oxygen atoms in total. The zero-order valence-corrected chi connectivity index (χ0v) is 15.5. The molecule has 0 aliphatic carbocycles. The maximum atomic E-state index is 13.1. The Morgan fingerprint density at radius 3 is 2.31 bits per heavy atom. The van der Waals surface area contributed by atoms with E-state index in [1.807, 2.05) is 27.7 Å². The van der Waals surface area contributed by atoms with E-state index in [4.69, 9.17) is 9.31 Å². The molecule has 1 aromatic carbocycles. The number of aromatic nitrogens is 2. The normalized spacial score (nSPS) is 19.2. The zero-order chi connectivity index (χ0) is 19.3. The average Bonchev–Trinajstić information content (AvgIpc) is 3.03. The minimum Gasteiger partial charge on any atom is -0.399 e. The van der Waals surface area contributed by atoms with Crippen molar-refractivity contribution >= 4 is 12.6 Å². The maximum absolute atomic E-state index is 13.1. The van der Waals surface area contributed by atoms with Crippen LogP contribution in [0.15, 0.2) is 30.6 Å². The van der Waals surface area contributed by atoms with Crippen molar-refractivity contribution in [1.29, 1.82) is 0 Å². The van der Waals surface area contributed by atoms with Crippen LogP contribution < -0.4 is 5.46 Å². The van der Waals surface area contributed by atoms with Crippen LogP contribution in [0.3, 0.4) is 0 Å². The van der Waals surface area contributed by atoms with Gasteiger partial charge in [0.2, 0.25) is 0 Å². The van der Waals surface area contributed by atoms with Crippen molar-refractivity contribution in [2.75, 3.05) is 0 Å². The summed E-state index contributed by atoms with van der Waals surface area (Å²) in [5.74, 6) is 0. The van der Waals surface area contributed by atoms with Gasteiger partial charge in [-0.3, -0.25) is 4.68 Å². The van der Waals surface area contributed by atoms with Crippen LogP contribution in [0.4, 0.5) is 13.2 Å². The third-order valence-corrected chi connectivity index (χ3v) is 5.13. The minimum absolute atomic E-state index is 0.208. The quantitative estimate of drug-likeness (QED) is 0.780. The molecule has 0 radical (unpaired) electrons. The topological polar surface area (TPSA) is 36.3 Å². The number of rotatable bonds is 3. The molecule has 0 atom stereocenters. The Morgan fingerprint density at radius 2 is 1.73 bits per heavy atom. The van der Waals surface area contributed by atoms with E-state index in [1.54, 1.807) is 23.1 Å². The molecule has 2 heterocycles. The maximum Gasteiger partial charge on any atom is 0.498 e. The van der Waals surface area contributed by atoms with E-state index in [0.29, 0.717) is 5.56 Å². The Morgan fingerprint density at radius 1 is 1.12 bits per heavy atom. The molecule has 2 aromatic rings. The van der Waals surface area contributed by atoms with Crippen molar-refractivity contribution in [3.05, 3.63) is 47.3 Å². The second kappa shape index (κ2) is 6.13. The van der Waals surface area contributed by atoms with Crippen molar-refractivity contribution in [2.24, 2.45) is 0 Å². The van der Waals surface area contributed by atoms with Gasteiger partial charge in [-0.2, -0.15) is 18.3 Å². The lowest BCUT2D eigenvalue weighted by Gasteiger charge is -2.32. The number of hydrogen-bond donors (Lipinski definition) is 0. The molecule has 1 saturated heterocycles. The van der Waals surface area contributed by atoms with Gasteiger partial charge in [-0.1, -0.05) is 12.1 Å². The highest BCUT2D eigenvalue weighted by atomic mass is 19.4. The van der Waals surface area contributed by atoms with Crippen molar-refractivity contribution in [3.63, 3.8) is 0 Å².